The van der Waals surface area contributed by atoms with Gasteiger partial charge in [-0.2, -0.15) is 0 Å². The Morgan fingerprint density at radius 2 is 1.73 bits per heavy atom. The molecule has 0 radical (unpaired) electrons. The van der Waals surface area contributed by atoms with E-state index in [2.05, 4.69) is 34.6 Å². The molecule has 0 saturated heterocycles. The summed E-state index contributed by atoms with van der Waals surface area (Å²) >= 11 is 0. The fourth-order valence-corrected chi connectivity index (χ4v) is 6.23. The van der Waals surface area contributed by atoms with Crippen LogP contribution >= 0.6 is 0 Å². The highest BCUT2D eigenvalue weighted by molar-refractivity contribution is 5.54. The Morgan fingerprint density at radius 1 is 1.07 bits per heavy atom. The summed E-state index contributed by atoms with van der Waals surface area (Å²) in [7, 11) is 0. The van der Waals surface area contributed by atoms with Gasteiger partial charge in [0.1, 0.15) is 0 Å². The third-order valence-electron chi connectivity index (χ3n) is 7.64. The number of rotatable bonds is 2. The highest BCUT2D eigenvalue weighted by atomic mass is 15.1. The molecule has 0 aromatic rings. The van der Waals surface area contributed by atoms with E-state index in [9.17, 15) is 0 Å². The molecule has 4 fully saturated rings. The van der Waals surface area contributed by atoms with E-state index < -0.39 is 0 Å². The first kappa shape index (κ1) is 9.07. The maximum Gasteiger partial charge on any atom is -0.0139 e. The van der Waals surface area contributed by atoms with Gasteiger partial charge in [0.15, 0.2) is 0 Å². The first-order chi connectivity index (χ1) is 6.88. The van der Waals surface area contributed by atoms with Crippen LogP contribution in [-0.2, 0) is 0 Å². The summed E-state index contributed by atoms with van der Waals surface area (Å²) in [5.41, 5.74) is 2.44. The van der Waals surface area contributed by atoms with Gasteiger partial charge in [-0.1, -0.05) is 34.6 Å². The second kappa shape index (κ2) is 1.93. The normalized spacial score (nSPS) is 71.4. The fraction of sp³-hybridized carbons (Fsp3) is 1.00. The Bertz CT molecular complexity index is 355. The van der Waals surface area contributed by atoms with E-state index in [4.69, 9.17) is 0 Å². The molecule has 0 aliphatic heterocycles. The second-order valence-corrected chi connectivity index (χ2v) is 8.01. The maximum absolute atomic E-state index is 2.57. The summed E-state index contributed by atoms with van der Waals surface area (Å²) in [5.74, 6) is 5.48. The zero-order valence-corrected chi connectivity index (χ0v) is 10.8. The van der Waals surface area contributed by atoms with Crippen LogP contribution in [-0.4, -0.2) is 0 Å². The van der Waals surface area contributed by atoms with Crippen LogP contribution in [0.2, 0.25) is 0 Å². The summed E-state index contributed by atoms with van der Waals surface area (Å²) in [6.07, 6.45) is 3.07. The molecular weight excluding hydrogens is 180 g/mol. The van der Waals surface area contributed by atoms with Gasteiger partial charge >= 0.3 is 0 Å². The van der Waals surface area contributed by atoms with E-state index >= 15 is 0 Å². The number of hydrogen-bond donors (Lipinski definition) is 0. The first-order valence-electron chi connectivity index (χ1n) is 6.88. The Kier molecular flexibility index (Phi) is 1.17. The van der Waals surface area contributed by atoms with Gasteiger partial charge in [0.25, 0.3) is 0 Å². The quantitative estimate of drug-likeness (QED) is 0.638. The highest BCUT2D eigenvalue weighted by Gasteiger charge is 3.08. The maximum atomic E-state index is 2.57. The van der Waals surface area contributed by atoms with Crippen molar-refractivity contribution in [3.8, 4) is 0 Å². The average molecular weight is 204 g/mol. The van der Waals surface area contributed by atoms with Crippen molar-refractivity contribution in [2.24, 2.45) is 45.8 Å². The van der Waals surface area contributed by atoms with Gasteiger partial charge in [-0.25, -0.2) is 0 Å². The van der Waals surface area contributed by atoms with Crippen molar-refractivity contribution in [3.05, 3.63) is 0 Å². The summed E-state index contributed by atoms with van der Waals surface area (Å²) in [4.78, 5) is 0. The molecule has 0 aromatic carbocycles. The molecule has 4 saturated carbocycles. The van der Waals surface area contributed by atoms with Crippen molar-refractivity contribution < 1.29 is 0 Å². The Balaban J connectivity index is 1.41. The lowest BCUT2D eigenvalue weighted by molar-refractivity contribution is -0.00990. The molecule has 0 aromatic heterocycles. The van der Waals surface area contributed by atoms with Gasteiger partial charge in [-0.15, -0.1) is 0 Å². The lowest BCUT2D eigenvalue weighted by atomic mass is 9.55. The van der Waals surface area contributed by atoms with Crippen LogP contribution < -0.4 is 0 Å². The third kappa shape index (κ3) is 0.643. The third-order valence-corrected chi connectivity index (χ3v) is 7.64. The van der Waals surface area contributed by atoms with Crippen molar-refractivity contribution in [1.29, 1.82) is 0 Å². The minimum atomic E-state index is 0.650. The molecule has 0 N–H and O–H groups in total. The smallest absolute Gasteiger partial charge is 0.0139 e. The molecule has 0 heteroatoms. The number of hydrogen-bond acceptors (Lipinski definition) is 0. The van der Waals surface area contributed by atoms with E-state index in [0.717, 1.165) is 34.5 Å². The summed E-state index contributed by atoms with van der Waals surface area (Å²) in [5, 5.41) is 0. The molecule has 84 valence electrons. The van der Waals surface area contributed by atoms with Crippen molar-refractivity contribution in [1.82, 2.24) is 0 Å². The minimum Gasteiger partial charge on any atom is -0.0617 e. The molecule has 0 amide bonds. The van der Waals surface area contributed by atoms with E-state index in [1.807, 2.05) is 0 Å². The molecule has 0 bridgehead atoms. The van der Waals surface area contributed by atoms with Crippen LogP contribution in [0.25, 0.3) is 0 Å². The van der Waals surface area contributed by atoms with E-state index in [-0.39, 0.29) is 0 Å². The zero-order chi connectivity index (χ0) is 10.8. The van der Waals surface area contributed by atoms with Crippen molar-refractivity contribution in [3.63, 3.8) is 0 Å². The Hall–Kier alpha value is 0. The summed E-state index contributed by atoms with van der Waals surface area (Å²) < 4.78 is 0. The average Bonchev–Trinajstić information content (AvgIpc) is 3.04. The van der Waals surface area contributed by atoms with E-state index in [1.165, 1.54) is 12.3 Å². The molecule has 4 aliphatic rings. The molecule has 7 unspecified atom stereocenters. The molecular formula is C15H24. The van der Waals surface area contributed by atoms with Crippen molar-refractivity contribution >= 4 is 0 Å². The lowest BCUT2D eigenvalue weighted by Gasteiger charge is -2.50. The summed E-state index contributed by atoms with van der Waals surface area (Å²) in [6.45, 7) is 12.4. The van der Waals surface area contributed by atoms with Crippen LogP contribution in [0.15, 0.2) is 0 Å². The van der Waals surface area contributed by atoms with Gasteiger partial charge in [0, 0.05) is 0 Å². The van der Waals surface area contributed by atoms with Gasteiger partial charge in [-0.3, -0.25) is 0 Å². The zero-order valence-electron chi connectivity index (χ0n) is 10.8. The van der Waals surface area contributed by atoms with Crippen molar-refractivity contribution in [2.75, 3.05) is 0 Å². The predicted molar refractivity (Wildman–Crippen MR) is 62.4 cm³/mol. The van der Waals surface area contributed by atoms with E-state index in [1.54, 1.807) is 6.42 Å². The van der Waals surface area contributed by atoms with Crippen LogP contribution in [0, 0.1) is 45.8 Å². The van der Waals surface area contributed by atoms with Crippen molar-refractivity contribution in [2.45, 2.75) is 47.5 Å². The van der Waals surface area contributed by atoms with Gasteiger partial charge in [0.05, 0.1) is 0 Å². The molecule has 4 rings (SSSR count). The standard InChI is InChI=1S/C15H24/c1-8-10(7-13(8,3)4)6-11-14(5)12-9(2)15(11,12)14/h8-12H,6-7H2,1-5H3. The molecule has 0 nitrogen and oxygen atoms in total. The highest BCUT2D eigenvalue weighted by Crippen LogP contribution is 3.11. The van der Waals surface area contributed by atoms with E-state index in [0.29, 0.717) is 5.41 Å². The lowest BCUT2D eigenvalue weighted by Crippen LogP contribution is -2.42. The van der Waals surface area contributed by atoms with Crippen LogP contribution in [0.5, 0.6) is 0 Å². The number of fused-ring (bicyclic) bond motifs is 1. The molecule has 4 aliphatic carbocycles. The molecule has 7 atom stereocenters. The SMILES string of the molecule is CC1C(CC2C3(C)C4C(C)C243)CC1(C)C. The first-order valence-corrected chi connectivity index (χ1v) is 6.88. The summed E-state index contributed by atoms with van der Waals surface area (Å²) in [6, 6.07) is 0. The minimum absolute atomic E-state index is 0.650. The Labute approximate surface area is 93.8 Å². The van der Waals surface area contributed by atoms with Gasteiger partial charge < -0.3 is 0 Å². The topological polar surface area (TPSA) is 0 Å². The second-order valence-electron chi connectivity index (χ2n) is 8.01. The predicted octanol–water partition coefficient (Wildman–Crippen LogP) is 3.96. The van der Waals surface area contributed by atoms with Crippen LogP contribution in [0.4, 0.5) is 0 Å². The van der Waals surface area contributed by atoms with Crippen LogP contribution in [0.1, 0.15) is 47.5 Å². The van der Waals surface area contributed by atoms with Gasteiger partial charge in [0.2, 0.25) is 0 Å². The Morgan fingerprint density at radius 3 is 2.07 bits per heavy atom. The largest absolute Gasteiger partial charge is 0.0617 e. The molecule has 1 spiro atoms. The fourth-order valence-electron chi connectivity index (χ4n) is 6.23. The van der Waals surface area contributed by atoms with Crippen LogP contribution in [0.3, 0.4) is 0 Å². The van der Waals surface area contributed by atoms with Gasteiger partial charge in [-0.05, 0) is 58.7 Å². The molecule has 15 heavy (non-hydrogen) atoms. The monoisotopic (exact) mass is 204 g/mol. The molecule has 0 heterocycles.